The van der Waals surface area contributed by atoms with Crippen molar-refractivity contribution in [2.24, 2.45) is 0 Å². The highest BCUT2D eigenvalue weighted by molar-refractivity contribution is 9.10. The molecule has 2 amide bonds. The highest BCUT2D eigenvalue weighted by atomic mass is 79.9. The number of methoxy groups -OCH3 is 1. The average molecular weight is 451 g/mol. The van der Waals surface area contributed by atoms with Crippen LogP contribution in [-0.4, -0.2) is 31.5 Å². The van der Waals surface area contributed by atoms with Gasteiger partial charge in [0, 0.05) is 16.1 Å². The van der Waals surface area contributed by atoms with E-state index < -0.39 is 30.2 Å². The summed E-state index contributed by atoms with van der Waals surface area (Å²) in [6.07, 6.45) is 2.61. The summed E-state index contributed by atoms with van der Waals surface area (Å²) in [6.45, 7) is -0.629. The molecule has 2 rings (SSSR count). The van der Waals surface area contributed by atoms with Crippen LogP contribution >= 0.6 is 15.9 Å². The van der Waals surface area contributed by atoms with Crippen LogP contribution in [0.4, 0.5) is 4.39 Å². The van der Waals surface area contributed by atoms with Crippen molar-refractivity contribution in [3.63, 3.8) is 0 Å². The van der Waals surface area contributed by atoms with Crippen molar-refractivity contribution in [1.29, 1.82) is 0 Å². The normalized spacial score (nSPS) is 10.4. The zero-order valence-electron chi connectivity index (χ0n) is 14.7. The molecule has 0 bridgehead atoms. The summed E-state index contributed by atoms with van der Waals surface area (Å²) in [5.74, 6) is -2.56. The van der Waals surface area contributed by atoms with Gasteiger partial charge in [0.2, 0.25) is 0 Å². The second kappa shape index (κ2) is 10.2. The second-order valence-electron chi connectivity index (χ2n) is 5.31. The number of hydrogen-bond donors (Lipinski definition) is 2. The van der Waals surface area contributed by atoms with Crippen molar-refractivity contribution in [3.05, 3.63) is 70.0 Å². The lowest BCUT2D eigenvalue weighted by atomic mass is 10.2. The van der Waals surface area contributed by atoms with E-state index in [0.717, 1.165) is 16.6 Å². The van der Waals surface area contributed by atoms with Crippen LogP contribution in [0.15, 0.2) is 53.0 Å². The molecule has 0 heterocycles. The zero-order chi connectivity index (χ0) is 20.5. The van der Waals surface area contributed by atoms with E-state index >= 15 is 0 Å². The van der Waals surface area contributed by atoms with Crippen LogP contribution in [0.5, 0.6) is 5.75 Å². The van der Waals surface area contributed by atoms with E-state index in [-0.39, 0.29) is 5.56 Å². The third-order valence-electron chi connectivity index (χ3n) is 3.37. The monoisotopic (exact) mass is 450 g/mol. The molecule has 0 fully saturated rings. The molecule has 7 nitrogen and oxygen atoms in total. The minimum Gasteiger partial charge on any atom is -0.496 e. The summed E-state index contributed by atoms with van der Waals surface area (Å²) in [6, 6.07) is 10.5. The summed E-state index contributed by atoms with van der Waals surface area (Å²) >= 11 is 3.32. The fourth-order valence-electron chi connectivity index (χ4n) is 2.05. The van der Waals surface area contributed by atoms with Gasteiger partial charge < -0.3 is 9.47 Å². The molecule has 9 heteroatoms. The predicted octanol–water partition coefficient (Wildman–Crippen LogP) is 2.61. The molecule has 0 saturated heterocycles. The molecule has 0 saturated carbocycles. The van der Waals surface area contributed by atoms with E-state index in [2.05, 4.69) is 15.9 Å². The van der Waals surface area contributed by atoms with Gasteiger partial charge in [-0.25, -0.2) is 9.18 Å². The number of rotatable bonds is 6. The van der Waals surface area contributed by atoms with Crippen molar-refractivity contribution in [3.8, 4) is 5.75 Å². The maximum absolute atomic E-state index is 13.5. The van der Waals surface area contributed by atoms with Crippen LogP contribution in [-0.2, 0) is 14.3 Å². The van der Waals surface area contributed by atoms with Crippen LogP contribution in [0.2, 0.25) is 0 Å². The molecule has 2 aromatic rings. The Labute approximate surface area is 168 Å². The molecular weight excluding hydrogens is 435 g/mol. The topological polar surface area (TPSA) is 93.7 Å². The standard InChI is InChI=1S/C19H16BrFN2O5/c1-27-16-8-7-13(20)10-12(16)6-9-18(25)28-11-17(24)22-23-19(26)14-4-2-3-5-15(14)21/h2-10H,11H2,1H3,(H,22,24)(H,23,26)/b9-6+. The third-order valence-corrected chi connectivity index (χ3v) is 3.86. The van der Waals surface area contributed by atoms with Gasteiger partial charge in [-0.15, -0.1) is 0 Å². The summed E-state index contributed by atoms with van der Waals surface area (Å²) in [5, 5.41) is 0. The van der Waals surface area contributed by atoms with Gasteiger partial charge in [-0.05, 0) is 36.4 Å². The highest BCUT2D eigenvalue weighted by Crippen LogP contribution is 2.24. The van der Waals surface area contributed by atoms with Crippen molar-refractivity contribution < 1.29 is 28.2 Å². The van der Waals surface area contributed by atoms with Crippen molar-refractivity contribution in [2.75, 3.05) is 13.7 Å². The fraction of sp³-hybridized carbons (Fsp3) is 0.105. The minimum absolute atomic E-state index is 0.231. The van der Waals surface area contributed by atoms with Gasteiger partial charge in [0.05, 0.1) is 12.7 Å². The first-order chi connectivity index (χ1) is 13.4. The highest BCUT2D eigenvalue weighted by Gasteiger charge is 2.12. The lowest BCUT2D eigenvalue weighted by Gasteiger charge is -2.08. The van der Waals surface area contributed by atoms with Crippen LogP contribution in [0.3, 0.4) is 0 Å². The van der Waals surface area contributed by atoms with E-state index in [9.17, 15) is 18.8 Å². The van der Waals surface area contributed by atoms with Crippen LogP contribution in [0.25, 0.3) is 6.08 Å². The number of esters is 1. The molecule has 0 aliphatic heterocycles. The Morgan fingerprint density at radius 1 is 1.14 bits per heavy atom. The van der Waals surface area contributed by atoms with Gasteiger partial charge in [-0.3, -0.25) is 20.4 Å². The summed E-state index contributed by atoms with van der Waals surface area (Å²) in [7, 11) is 1.50. The van der Waals surface area contributed by atoms with E-state index in [1.165, 1.54) is 31.4 Å². The molecule has 2 aromatic carbocycles. The Kier molecular flexibility index (Phi) is 7.70. The van der Waals surface area contributed by atoms with Crippen LogP contribution in [0, 0.1) is 5.82 Å². The minimum atomic E-state index is -0.834. The van der Waals surface area contributed by atoms with E-state index in [1.807, 2.05) is 10.9 Å². The van der Waals surface area contributed by atoms with E-state index in [1.54, 1.807) is 18.2 Å². The predicted molar refractivity (Wildman–Crippen MR) is 103 cm³/mol. The number of amides is 2. The number of nitrogens with one attached hydrogen (secondary N) is 2. The third kappa shape index (κ3) is 6.20. The van der Waals surface area contributed by atoms with Crippen molar-refractivity contribution >= 4 is 39.8 Å². The molecule has 2 N–H and O–H groups in total. The molecule has 0 aliphatic rings. The fourth-order valence-corrected chi connectivity index (χ4v) is 2.43. The van der Waals surface area contributed by atoms with Gasteiger partial charge in [0.1, 0.15) is 11.6 Å². The average Bonchev–Trinajstić information content (AvgIpc) is 2.69. The molecule has 0 unspecified atom stereocenters. The van der Waals surface area contributed by atoms with Gasteiger partial charge in [0.15, 0.2) is 6.61 Å². The summed E-state index contributed by atoms with van der Waals surface area (Å²) in [4.78, 5) is 35.1. The first kappa shape index (κ1) is 21.1. The SMILES string of the molecule is COc1ccc(Br)cc1/C=C/C(=O)OCC(=O)NNC(=O)c1ccccc1F. The van der Waals surface area contributed by atoms with Crippen molar-refractivity contribution in [1.82, 2.24) is 10.9 Å². The van der Waals surface area contributed by atoms with Crippen LogP contribution in [0.1, 0.15) is 15.9 Å². The molecule has 146 valence electrons. The number of carbonyl (C=O) groups is 3. The number of carbonyl (C=O) groups excluding carboxylic acids is 3. The maximum atomic E-state index is 13.5. The first-order valence-corrected chi connectivity index (χ1v) is 8.72. The summed E-state index contributed by atoms with van der Waals surface area (Å²) in [5.41, 5.74) is 4.47. The molecule has 0 aromatic heterocycles. The Bertz CT molecular complexity index is 917. The van der Waals surface area contributed by atoms with Crippen LogP contribution < -0.4 is 15.6 Å². The molecule has 0 spiro atoms. The molecular formula is C19H16BrFN2O5. The molecule has 0 aliphatic carbocycles. The van der Waals surface area contributed by atoms with Gasteiger partial charge in [-0.2, -0.15) is 0 Å². The smallest absolute Gasteiger partial charge is 0.331 e. The van der Waals surface area contributed by atoms with Gasteiger partial charge in [0.25, 0.3) is 11.8 Å². The van der Waals surface area contributed by atoms with Gasteiger partial charge >= 0.3 is 5.97 Å². The lowest BCUT2D eigenvalue weighted by molar-refractivity contribution is -0.144. The quantitative estimate of drug-likeness (QED) is 0.400. The van der Waals surface area contributed by atoms with Crippen molar-refractivity contribution in [2.45, 2.75) is 0 Å². The number of hydrazine groups is 1. The van der Waals surface area contributed by atoms with E-state index in [4.69, 9.17) is 9.47 Å². The molecule has 0 atom stereocenters. The molecule has 0 radical (unpaired) electrons. The molecule has 28 heavy (non-hydrogen) atoms. The Morgan fingerprint density at radius 2 is 1.89 bits per heavy atom. The number of halogens is 2. The maximum Gasteiger partial charge on any atom is 0.331 e. The first-order valence-electron chi connectivity index (χ1n) is 7.93. The zero-order valence-corrected chi connectivity index (χ0v) is 16.3. The largest absolute Gasteiger partial charge is 0.496 e. The number of hydrogen-bond acceptors (Lipinski definition) is 5. The Balaban J connectivity index is 1.81. The Hall–Kier alpha value is -3.20. The number of ether oxygens (including phenoxy) is 2. The second-order valence-corrected chi connectivity index (χ2v) is 6.23. The number of benzene rings is 2. The van der Waals surface area contributed by atoms with Gasteiger partial charge in [-0.1, -0.05) is 28.1 Å². The van der Waals surface area contributed by atoms with E-state index in [0.29, 0.717) is 11.3 Å². The summed E-state index contributed by atoms with van der Waals surface area (Å²) < 4.78 is 24.2. The lowest BCUT2D eigenvalue weighted by Crippen LogP contribution is -2.43. The Morgan fingerprint density at radius 3 is 2.61 bits per heavy atom.